The molecule has 2 aromatic heterocycles. The van der Waals surface area contributed by atoms with E-state index in [-0.39, 0.29) is 0 Å². The Morgan fingerprint density at radius 1 is 1.35 bits per heavy atom. The molecule has 0 saturated heterocycles. The standard InChI is InChI=1S/C12H18N4O/c1-3-5-13-6-10-8-15-17-12(10)11-7-14-16(4-2)9-11/h7-9,13H,3-6H2,1-2H3. The molecule has 2 heterocycles. The van der Waals surface area contributed by atoms with Gasteiger partial charge in [0.2, 0.25) is 0 Å². The van der Waals surface area contributed by atoms with Gasteiger partial charge in [-0.2, -0.15) is 5.10 Å². The molecular formula is C12H18N4O. The van der Waals surface area contributed by atoms with Crippen molar-refractivity contribution in [2.24, 2.45) is 0 Å². The molecule has 0 aliphatic rings. The summed E-state index contributed by atoms with van der Waals surface area (Å²) in [6, 6.07) is 0. The number of hydrogen-bond donors (Lipinski definition) is 1. The van der Waals surface area contributed by atoms with Gasteiger partial charge < -0.3 is 9.84 Å². The molecule has 2 rings (SSSR count). The van der Waals surface area contributed by atoms with E-state index in [1.165, 1.54) is 0 Å². The first kappa shape index (κ1) is 11.9. The van der Waals surface area contributed by atoms with Gasteiger partial charge in [0.25, 0.3) is 0 Å². The normalized spacial score (nSPS) is 10.9. The Kier molecular flexibility index (Phi) is 3.93. The molecule has 0 unspecified atom stereocenters. The highest BCUT2D eigenvalue weighted by atomic mass is 16.5. The maximum atomic E-state index is 5.30. The molecule has 0 spiro atoms. The van der Waals surface area contributed by atoms with Gasteiger partial charge in [-0.05, 0) is 19.9 Å². The van der Waals surface area contributed by atoms with Crippen LogP contribution in [0.4, 0.5) is 0 Å². The van der Waals surface area contributed by atoms with Crippen LogP contribution in [-0.2, 0) is 13.1 Å². The van der Waals surface area contributed by atoms with Crippen LogP contribution in [0.25, 0.3) is 11.3 Å². The SMILES string of the molecule is CCCNCc1cnoc1-c1cnn(CC)c1. The Hall–Kier alpha value is -1.62. The molecule has 17 heavy (non-hydrogen) atoms. The molecule has 0 aliphatic carbocycles. The number of nitrogens with one attached hydrogen (secondary N) is 1. The Balaban J connectivity index is 2.12. The summed E-state index contributed by atoms with van der Waals surface area (Å²) in [6.45, 7) is 6.84. The summed E-state index contributed by atoms with van der Waals surface area (Å²) in [4.78, 5) is 0. The van der Waals surface area contributed by atoms with E-state index in [9.17, 15) is 0 Å². The van der Waals surface area contributed by atoms with Crippen LogP contribution in [0.15, 0.2) is 23.1 Å². The van der Waals surface area contributed by atoms with Crippen LogP contribution in [-0.4, -0.2) is 21.5 Å². The fraction of sp³-hybridized carbons (Fsp3) is 0.500. The molecule has 5 heteroatoms. The van der Waals surface area contributed by atoms with Crippen LogP contribution >= 0.6 is 0 Å². The first-order chi connectivity index (χ1) is 8.35. The van der Waals surface area contributed by atoms with Crippen molar-refractivity contribution in [2.45, 2.75) is 33.4 Å². The number of aromatic nitrogens is 3. The topological polar surface area (TPSA) is 55.9 Å². The summed E-state index contributed by atoms with van der Waals surface area (Å²) in [7, 11) is 0. The highest BCUT2D eigenvalue weighted by Gasteiger charge is 2.12. The summed E-state index contributed by atoms with van der Waals surface area (Å²) in [5.41, 5.74) is 2.06. The average molecular weight is 234 g/mol. The molecular weight excluding hydrogens is 216 g/mol. The summed E-state index contributed by atoms with van der Waals surface area (Å²) >= 11 is 0. The van der Waals surface area contributed by atoms with Crippen molar-refractivity contribution in [3.8, 4) is 11.3 Å². The molecule has 1 N–H and O–H groups in total. The molecule has 0 saturated carbocycles. The van der Waals surface area contributed by atoms with E-state index < -0.39 is 0 Å². The first-order valence-corrected chi connectivity index (χ1v) is 6.02. The maximum absolute atomic E-state index is 5.30. The minimum Gasteiger partial charge on any atom is -0.356 e. The van der Waals surface area contributed by atoms with Crippen LogP contribution in [0.2, 0.25) is 0 Å². The second-order valence-corrected chi connectivity index (χ2v) is 3.94. The van der Waals surface area contributed by atoms with Crippen molar-refractivity contribution < 1.29 is 4.52 Å². The van der Waals surface area contributed by atoms with Crippen molar-refractivity contribution in [3.63, 3.8) is 0 Å². The predicted molar refractivity (Wildman–Crippen MR) is 65.4 cm³/mol. The van der Waals surface area contributed by atoms with E-state index >= 15 is 0 Å². The van der Waals surface area contributed by atoms with Crippen molar-refractivity contribution in [1.82, 2.24) is 20.3 Å². The zero-order chi connectivity index (χ0) is 12.1. The van der Waals surface area contributed by atoms with Gasteiger partial charge in [0.15, 0.2) is 5.76 Å². The van der Waals surface area contributed by atoms with Gasteiger partial charge >= 0.3 is 0 Å². The Labute approximate surface area is 101 Å². The predicted octanol–water partition coefficient (Wildman–Crippen LogP) is 2.06. The molecule has 2 aromatic rings. The van der Waals surface area contributed by atoms with E-state index in [2.05, 4.69) is 29.4 Å². The lowest BCUT2D eigenvalue weighted by Crippen LogP contribution is -2.13. The van der Waals surface area contributed by atoms with E-state index in [1.807, 2.05) is 17.1 Å². The molecule has 0 amide bonds. The summed E-state index contributed by atoms with van der Waals surface area (Å²) in [5, 5.41) is 11.4. The largest absolute Gasteiger partial charge is 0.356 e. The first-order valence-electron chi connectivity index (χ1n) is 6.02. The number of nitrogens with zero attached hydrogens (tertiary/aromatic N) is 3. The zero-order valence-electron chi connectivity index (χ0n) is 10.3. The third kappa shape index (κ3) is 2.74. The fourth-order valence-corrected chi connectivity index (χ4v) is 1.68. The minimum atomic E-state index is 0.782. The number of aryl methyl sites for hydroxylation is 1. The van der Waals surface area contributed by atoms with Crippen molar-refractivity contribution in [3.05, 3.63) is 24.2 Å². The quantitative estimate of drug-likeness (QED) is 0.777. The lowest BCUT2D eigenvalue weighted by atomic mass is 10.2. The van der Waals surface area contributed by atoms with Gasteiger partial charge in [-0.3, -0.25) is 4.68 Å². The van der Waals surface area contributed by atoms with Gasteiger partial charge in [0.05, 0.1) is 18.0 Å². The highest BCUT2D eigenvalue weighted by molar-refractivity contribution is 5.58. The minimum absolute atomic E-state index is 0.782. The fourth-order valence-electron chi connectivity index (χ4n) is 1.68. The van der Waals surface area contributed by atoms with Gasteiger partial charge in [0, 0.05) is 24.8 Å². The van der Waals surface area contributed by atoms with Crippen LogP contribution < -0.4 is 5.32 Å². The van der Waals surface area contributed by atoms with Crippen molar-refractivity contribution >= 4 is 0 Å². The number of hydrogen-bond acceptors (Lipinski definition) is 4. The van der Waals surface area contributed by atoms with Crippen molar-refractivity contribution in [2.75, 3.05) is 6.54 Å². The molecule has 0 radical (unpaired) electrons. The van der Waals surface area contributed by atoms with Crippen LogP contribution in [0.3, 0.4) is 0 Å². The monoisotopic (exact) mass is 234 g/mol. The maximum Gasteiger partial charge on any atom is 0.174 e. The molecule has 0 aliphatic heterocycles. The lowest BCUT2D eigenvalue weighted by molar-refractivity contribution is 0.431. The van der Waals surface area contributed by atoms with E-state index in [0.29, 0.717) is 0 Å². The molecule has 5 nitrogen and oxygen atoms in total. The summed E-state index contributed by atoms with van der Waals surface area (Å²) in [5.74, 6) is 0.813. The van der Waals surface area contributed by atoms with Crippen LogP contribution in [0.1, 0.15) is 25.8 Å². The Morgan fingerprint density at radius 2 is 2.24 bits per heavy atom. The Bertz CT molecular complexity index is 461. The van der Waals surface area contributed by atoms with Crippen molar-refractivity contribution in [1.29, 1.82) is 0 Å². The summed E-state index contributed by atoms with van der Waals surface area (Å²) < 4.78 is 7.17. The van der Waals surface area contributed by atoms with E-state index in [4.69, 9.17) is 4.52 Å². The van der Waals surface area contributed by atoms with Gasteiger partial charge in [-0.25, -0.2) is 0 Å². The zero-order valence-corrected chi connectivity index (χ0v) is 10.3. The Morgan fingerprint density at radius 3 is 2.94 bits per heavy atom. The molecule has 0 atom stereocenters. The third-order valence-electron chi connectivity index (χ3n) is 2.61. The van der Waals surface area contributed by atoms with Crippen LogP contribution in [0.5, 0.6) is 0 Å². The molecule has 92 valence electrons. The summed E-state index contributed by atoms with van der Waals surface area (Å²) in [6.07, 6.45) is 6.67. The van der Waals surface area contributed by atoms with Crippen LogP contribution in [0, 0.1) is 0 Å². The van der Waals surface area contributed by atoms with E-state index in [0.717, 1.165) is 42.9 Å². The smallest absolute Gasteiger partial charge is 0.174 e. The molecule has 0 bridgehead atoms. The number of rotatable bonds is 6. The molecule has 0 fully saturated rings. The molecule has 0 aromatic carbocycles. The van der Waals surface area contributed by atoms with Gasteiger partial charge in [-0.1, -0.05) is 12.1 Å². The van der Waals surface area contributed by atoms with Gasteiger partial charge in [0.1, 0.15) is 0 Å². The lowest BCUT2D eigenvalue weighted by Gasteiger charge is -2.00. The third-order valence-corrected chi connectivity index (χ3v) is 2.61. The highest BCUT2D eigenvalue weighted by Crippen LogP contribution is 2.22. The average Bonchev–Trinajstić information content (AvgIpc) is 2.96. The second-order valence-electron chi connectivity index (χ2n) is 3.94. The second kappa shape index (κ2) is 5.63. The van der Waals surface area contributed by atoms with E-state index in [1.54, 1.807) is 6.20 Å². The van der Waals surface area contributed by atoms with Gasteiger partial charge in [-0.15, -0.1) is 0 Å².